The summed E-state index contributed by atoms with van der Waals surface area (Å²) in [4.78, 5) is 16.0. The Balaban J connectivity index is 1.58. The van der Waals surface area contributed by atoms with Gasteiger partial charge >= 0.3 is 0 Å². The summed E-state index contributed by atoms with van der Waals surface area (Å²) in [6.45, 7) is 3.85. The van der Waals surface area contributed by atoms with Crippen LogP contribution in [0.1, 0.15) is 50.6 Å². The highest BCUT2D eigenvalue weighted by Gasteiger charge is 2.40. The SMILES string of the molecule is C[C@H]1c2cc(Nc3nn(C(CC#N)C4CC4)c4cc[nH]c(=O)c34)ccc2S(O)(O)[C@H]1C. The van der Waals surface area contributed by atoms with E-state index in [0.717, 1.165) is 24.1 Å². The van der Waals surface area contributed by atoms with Gasteiger partial charge in [-0.2, -0.15) is 21.0 Å². The monoisotopic (exact) mass is 439 g/mol. The molecule has 1 unspecified atom stereocenters. The lowest BCUT2D eigenvalue weighted by Gasteiger charge is -2.33. The number of anilines is 2. The number of hydrogen-bond acceptors (Lipinski definition) is 6. The molecule has 0 bridgehead atoms. The molecule has 4 N–H and O–H groups in total. The highest BCUT2D eigenvalue weighted by molar-refractivity contribution is 8.25. The van der Waals surface area contributed by atoms with Crippen LogP contribution < -0.4 is 10.9 Å². The summed E-state index contributed by atoms with van der Waals surface area (Å²) in [7, 11) is -2.81. The Bertz CT molecular complexity index is 1270. The maximum absolute atomic E-state index is 12.7. The fraction of sp³-hybridized carbons (Fsp3) is 0.409. The van der Waals surface area contributed by atoms with Gasteiger partial charge in [-0.25, -0.2) is 0 Å². The minimum atomic E-state index is -2.81. The first-order valence-corrected chi connectivity index (χ1v) is 12.1. The molecule has 0 radical (unpaired) electrons. The Hall–Kier alpha value is -2.80. The lowest BCUT2D eigenvalue weighted by atomic mass is 9.98. The predicted octanol–water partition coefficient (Wildman–Crippen LogP) is 4.95. The van der Waals surface area contributed by atoms with Crippen LogP contribution >= 0.6 is 10.6 Å². The number of nitrogens with zero attached hydrogens (tertiary/aromatic N) is 3. The van der Waals surface area contributed by atoms with Crippen molar-refractivity contribution in [2.75, 3.05) is 5.32 Å². The van der Waals surface area contributed by atoms with Crippen LogP contribution in [0, 0.1) is 17.2 Å². The van der Waals surface area contributed by atoms with E-state index in [1.807, 2.05) is 30.7 Å². The Morgan fingerprint density at radius 3 is 2.84 bits per heavy atom. The molecule has 31 heavy (non-hydrogen) atoms. The smallest absolute Gasteiger partial charge is 0.261 e. The molecule has 5 rings (SSSR count). The number of benzene rings is 1. The first-order valence-electron chi connectivity index (χ1n) is 10.5. The van der Waals surface area contributed by atoms with Crippen LogP contribution in [0.3, 0.4) is 0 Å². The lowest BCUT2D eigenvalue weighted by Crippen LogP contribution is -2.13. The van der Waals surface area contributed by atoms with Crippen molar-refractivity contribution in [1.82, 2.24) is 14.8 Å². The fourth-order valence-corrected chi connectivity index (χ4v) is 6.57. The molecule has 9 heteroatoms. The third-order valence-electron chi connectivity index (χ3n) is 6.72. The lowest BCUT2D eigenvalue weighted by molar-refractivity contribution is 0.426. The molecule has 0 spiro atoms. The van der Waals surface area contributed by atoms with Crippen LogP contribution in [-0.4, -0.2) is 29.1 Å². The molecule has 8 nitrogen and oxygen atoms in total. The number of nitrogens with one attached hydrogen (secondary N) is 2. The van der Waals surface area contributed by atoms with Gasteiger partial charge in [-0.1, -0.05) is 6.92 Å². The highest BCUT2D eigenvalue weighted by Crippen LogP contribution is 2.64. The van der Waals surface area contributed by atoms with Gasteiger partial charge in [0.15, 0.2) is 5.82 Å². The zero-order valence-electron chi connectivity index (χ0n) is 17.4. The first-order chi connectivity index (χ1) is 14.8. The van der Waals surface area contributed by atoms with Gasteiger partial charge in [-0.05, 0) is 55.5 Å². The Morgan fingerprint density at radius 1 is 1.35 bits per heavy atom. The number of fused-ring (bicyclic) bond motifs is 2. The van der Waals surface area contributed by atoms with Gasteiger partial charge in [0.05, 0.1) is 34.2 Å². The van der Waals surface area contributed by atoms with Crippen molar-refractivity contribution in [2.45, 2.75) is 55.2 Å². The van der Waals surface area contributed by atoms with Crippen LogP contribution in [0.4, 0.5) is 11.5 Å². The van der Waals surface area contributed by atoms with E-state index in [0.29, 0.717) is 34.0 Å². The normalized spacial score (nSPS) is 23.8. The molecule has 0 amide bonds. The van der Waals surface area contributed by atoms with Crippen LogP contribution in [0.5, 0.6) is 0 Å². The van der Waals surface area contributed by atoms with Crippen molar-refractivity contribution in [1.29, 1.82) is 5.26 Å². The minimum absolute atomic E-state index is 0.00864. The molecule has 3 heterocycles. The van der Waals surface area contributed by atoms with E-state index < -0.39 is 10.6 Å². The highest BCUT2D eigenvalue weighted by atomic mass is 32.3. The third kappa shape index (κ3) is 3.14. The van der Waals surface area contributed by atoms with Gasteiger partial charge in [0.25, 0.3) is 5.56 Å². The number of pyridine rings is 1. The minimum Gasteiger partial charge on any atom is -0.338 e. The maximum Gasteiger partial charge on any atom is 0.261 e. The largest absolute Gasteiger partial charge is 0.338 e. The van der Waals surface area contributed by atoms with Gasteiger partial charge in [0.2, 0.25) is 0 Å². The molecule has 1 saturated carbocycles. The summed E-state index contributed by atoms with van der Waals surface area (Å²) in [6, 6.07) is 9.47. The van der Waals surface area contributed by atoms with Crippen LogP contribution in [0.2, 0.25) is 0 Å². The molecule has 3 aromatic rings. The Morgan fingerprint density at radius 2 is 2.13 bits per heavy atom. The van der Waals surface area contributed by atoms with E-state index in [1.165, 1.54) is 0 Å². The molecule has 2 aliphatic rings. The van der Waals surface area contributed by atoms with Crippen molar-refractivity contribution in [3.05, 3.63) is 46.4 Å². The summed E-state index contributed by atoms with van der Waals surface area (Å²) in [5, 5.41) is 17.5. The number of rotatable bonds is 5. The van der Waals surface area contributed by atoms with E-state index >= 15 is 0 Å². The molecular weight excluding hydrogens is 414 g/mol. The van der Waals surface area contributed by atoms with Crippen LogP contribution in [-0.2, 0) is 0 Å². The average molecular weight is 440 g/mol. The summed E-state index contributed by atoms with van der Waals surface area (Å²) in [5.74, 6) is 0.849. The number of aromatic amines is 1. The average Bonchev–Trinajstić information content (AvgIpc) is 3.50. The number of hydrogen-bond donors (Lipinski definition) is 4. The van der Waals surface area contributed by atoms with Gasteiger partial charge in [0, 0.05) is 17.8 Å². The molecule has 1 fully saturated rings. The maximum atomic E-state index is 12.7. The Labute approximate surface area is 181 Å². The quantitative estimate of drug-likeness (QED) is 0.445. The summed E-state index contributed by atoms with van der Waals surface area (Å²) < 4.78 is 22.9. The molecule has 1 aliphatic heterocycles. The van der Waals surface area contributed by atoms with Crippen molar-refractivity contribution >= 4 is 33.0 Å². The van der Waals surface area contributed by atoms with E-state index in [-0.39, 0.29) is 22.8 Å². The second kappa shape index (κ2) is 7.12. The fourth-order valence-electron chi connectivity index (χ4n) is 4.60. The molecule has 3 atom stereocenters. The second-order valence-corrected chi connectivity index (χ2v) is 11.0. The second-order valence-electron chi connectivity index (χ2n) is 8.59. The summed E-state index contributed by atoms with van der Waals surface area (Å²) >= 11 is 0. The van der Waals surface area contributed by atoms with Crippen LogP contribution in [0.25, 0.3) is 10.9 Å². The zero-order chi connectivity index (χ0) is 21.9. The Kier molecular flexibility index (Phi) is 4.62. The van der Waals surface area contributed by atoms with E-state index in [9.17, 15) is 19.2 Å². The molecule has 0 saturated heterocycles. The molecule has 162 valence electrons. The predicted molar refractivity (Wildman–Crippen MR) is 121 cm³/mol. The van der Waals surface area contributed by atoms with Gasteiger partial charge in [-0.3, -0.25) is 18.6 Å². The van der Waals surface area contributed by atoms with Crippen molar-refractivity contribution in [2.24, 2.45) is 5.92 Å². The van der Waals surface area contributed by atoms with Crippen molar-refractivity contribution in [3.63, 3.8) is 0 Å². The molecule has 1 aliphatic carbocycles. The van der Waals surface area contributed by atoms with E-state index in [1.54, 1.807) is 18.3 Å². The van der Waals surface area contributed by atoms with Crippen molar-refractivity contribution in [3.8, 4) is 6.07 Å². The van der Waals surface area contributed by atoms with Gasteiger partial charge in [-0.15, -0.1) is 0 Å². The van der Waals surface area contributed by atoms with Gasteiger partial charge in [0.1, 0.15) is 5.39 Å². The van der Waals surface area contributed by atoms with E-state index in [2.05, 4.69) is 16.4 Å². The molecule has 1 aromatic carbocycles. The zero-order valence-corrected chi connectivity index (χ0v) is 18.2. The number of H-pyrrole nitrogens is 1. The first kappa shape index (κ1) is 20.1. The summed E-state index contributed by atoms with van der Waals surface area (Å²) in [5.41, 5.74) is 2.09. The molecular formula is C22H25N5O3S. The third-order valence-corrected chi connectivity index (χ3v) is 9.18. The van der Waals surface area contributed by atoms with E-state index in [4.69, 9.17) is 5.10 Å². The number of aromatic nitrogens is 3. The van der Waals surface area contributed by atoms with Gasteiger partial charge < -0.3 is 10.3 Å². The number of nitriles is 1. The molecule has 2 aromatic heterocycles. The van der Waals surface area contributed by atoms with Crippen molar-refractivity contribution < 1.29 is 9.11 Å². The standard InChI is InChI=1S/C22H25N5O3S/c1-12-13(2)31(29,30)19-6-5-15(11-16(12)19)25-21-20-18(8-10-24-22(20)28)27(26-21)17(7-9-23)14-3-4-14/h5-6,8,10-14,17,29-30H,3-4,7H2,1-2H3,(H,24,28)(H,25,26)/t12-,13+,17?/m1/s1. The summed E-state index contributed by atoms with van der Waals surface area (Å²) in [6.07, 6.45) is 4.08. The van der Waals surface area contributed by atoms with Crippen LogP contribution in [0.15, 0.2) is 40.2 Å². The topological polar surface area (TPSA) is 127 Å².